The van der Waals surface area contributed by atoms with Crippen LogP contribution >= 0.6 is 46.0 Å². The molecule has 4 heterocycles. The number of aryl methyl sites for hydroxylation is 1. The number of nitrogens with zero attached hydrogens (tertiary/aromatic N) is 5. The van der Waals surface area contributed by atoms with Crippen LogP contribution in [-0.2, 0) is 11.3 Å². The first-order chi connectivity index (χ1) is 20.5. The Morgan fingerprint density at radius 2 is 1.83 bits per heavy atom. The zero-order chi connectivity index (χ0) is 29.1. The molecule has 0 fully saturated rings. The molecule has 1 aliphatic heterocycles. The molecular formula is C30H25ClN6O2S3. The van der Waals surface area contributed by atoms with E-state index < -0.39 is 0 Å². The number of carbonyl (C=O) groups is 2. The highest BCUT2D eigenvalue weighted by Crippen LogP contribution is 2.35. The molecule has 0 saturated carbocycles. The lowest BCUT2D eigenvalue weighted by Crippen LogP contribution is -2.28. The molecule has 12 heteroatoms. The number of carbonyl (C=O) groups excluding carboxylic acids is 2. The summed E-state index contributed by atoms with van der Waals surface area (Å²) in [4.78, 5) is 28.0. The molecule has 0 bridgehead atoms. The van der Waals surface area contributed by atoms with Crippen LogP contribution in [0.4, 0.5) is 0 Å². The van der Waals surface area contributed by atoms with E-state index in [4.69, 9.17) is 16.7 Å². The summed E-state index contributed by atoms with van der Waals surface area (Å²) in [6.07, 6.45) is 0.646. The third-order valence-electron chi connectivity index (χ3n) is 6.68. The monoisotopic (exact) mass is 632 g/mol. The summed E-state index contributed by atoms with van der Waals surface area (Å²) in [5.74, 6) is 0.300. The third kappa shape index (κ3) is 6.19. The Kier molecular flexibility index (Phi) is 8.52. The number of benzene rings is 2. The van der Waals surface area contributed by atoms with Gasteiger partial charge in [0.15, 0.2) is 11.0 Å². The Morgan fingerprint density at radius 3 is 2.57 bits per heavy atom. The van der Waals surface area contributed by atoms with Crippen LogP contribution < -0.4 is 5.32 Å². The Hall–Kier alpha value is -3.77. The number of thiophene rings is 2. The second kappa shape index (κ2) is 12.6. The molecule has 1 unspecified atom stereocenters. The Morgan fingerprint density at radius 1 is 1.02 bits per heavy atom. The van der Waals surface area contributed by atoms with E-state index in [1.54, 1.807) is 34.5 Å². The highest BCUT2D eigenvalue weighted by Gasteiger charge is 2.33. The molecule has 2 amide bonds. The number of rotatable bonds is 9. The Labute approximate surface area is 260 Å². The number of nitrogens with one attached hydrogen (secondary N) is 1. The zero-order valence-electron chi connectivity index (χ0n) is 22.4. The van der Waals surface area contributed by atoms with Gasteiger partial charge in [-0.3, -0.25) is 14.2 Å². The van der Waals surface area contributed by atoms with E-state index in [9.17, 15) is 9.59 Å². The van der Waals surface area contributed by atoms with E-state index >= 15 is 0 Å². The molecule has 2 aromatic carbocycles. The van der Waals surface area contributed by atoms with Gasteiger partial charge in [0.1, 0.15) is 0 Å². The average molecular weight is 633 g/mol. The van der Waals surface area contributed by atoms with Gasteiger partial charge in [-0.2, -0.15) is 5.10 Å². The topological polar surface area (TPSA) is 92.5 Å². The first-order valence-electron chi connectivity index (χ1n) is 13.1. The predicted molar refractivity (Wildman–Crippen MR) is 169 cm³/mol. The van der Waals surface area contributed by atoms with Gasteiger partial charge in [0.25, 0.3) is 11.8 Å². The molecule has 3 aromatic heterocycles. The minimum Gasteiger partial charge on any atom is -0.344 e. The molecule has 1 N–H and O–H groups in total. The number of hydrazone groups is 1. The van der Waals surface area contributed by atoms with Crippen molar-refractivity contribution in [3.05, 3.63) is 115 Å². The highest BCUT2D eigenvalue weighted by molar-refractivity contribution is 7.99. The zero-order valence-corrected chi connectivity index (χ0v) is 25.6. The van der Waals surface area contributed by atoms with Crippen LogP contribution in [0.3, 0.4) is 0 Å². The van der Waals surface area contributed by atoms with Crippen LogP contribution in [0, 0.1) is 6.92 Å². The van der Waals surface area contributed by atoms with E-state index in [0.717, 1.165) is 27.4 Å². The first-order valence-corrected chi connectivity index (χ1v) is 16.2. The van der Waals surface area contributed by atoms with Gasteiger partial charge in [0, 0.05) is 11.4 Å². The minimum absolute atomic E-state index is 0.101. The van der Waals surface area contributed by atoms with Gasteiger partial charge in [-0.15, -0.1) is 32.9 Å². The van der Waals surface area contributed by atoms with Crippen LogP contribution in [-0.4, -0.2) is 43.1 Å². The van der Waals surface area contributed by atoms with Gasteiger partial charge in [-0.25, -0.2) is 5.01 Å². The van der Waals surface area contributed by atoms with Crippen molar-refractivity contribution >= 4 is 63.6 Å². The van der Waals surface area contributed by atoms with E-state index in [2.05, 4.69) is 39.8 Å². The van der Waals surface area contributed by atoms with Crippen molar-refractivity contribution in [3.8, 4) is 5.69 Å². The van der Waals surface area contributed by atoms with Gasteiger partial charge >= 0.3 is 0 Å². The predicted octanol–water partition coefficient (Wildman–Crippen LogP) is 6.75. The molecule has 42 heavy (non-hydrogen) atoms. The summed E-state index contributed by atoms with van der Waals surface area (Å²) >= 11 is 10.6. The quantitative estimate of drug-likeness (QED) is 0.181. The number of hydrogen-bond acceptors (Lipinski definition) is 8. The Bertz CT molecular complexity index is 1730. The normalized spacial score (nSPS) is 14.7. The van der Waals surface area contributed by atoms with E-state index in [1.165, 1.54) is 23.1 Å². The molecule has 1 aliphatic rings. The smallest absolute Gasteiger partial charge is 0.261 e. The van der Waals surface area contributed by atoms with E-state index in [0.29, 0.717) is 27.3 Å². The lowest BCUT2D eigenvalue weighted by molar-refractivity contribution is -0.130. The SMILES string of the molecule is Cc1ccc(C2CC(c3cccs3)=NN2C(=O)CSc2nnc(CNC(=O)c3cccs3)n2-c2cccc(Cl)c2)cc1. The Balaban J connectivity index is 1.24. The third-order valence-corrected chi connectivity index (χ3v) is 9.61. The molecule has 6 rings (SSSR count). The van der Waals surface area contributed by atoms with E-state index in [1.807, 2.05) is 52.6 Å². The second-order valence-electron chi connectivity index (χ2n) is 9.56. The number of hydrogen-bond donors (Lipinski definition) is 1. The van der Waals surface area contributed by atoms with Gasteiger partial charge in [0.2, 0.25) is 0 Å². The number of amides is 2. The van der Waals surface area contributed by atoms with Gasteiger partial charge < -0.3 is 5.32 Å². The molecule has 0 aliphatic carbocycles. The largest absolute Gasteiger partial charge is 0.344 e. The maximum atomic E-state index is 13.7. The molecule has 5 aromatic rings. The number of aromatic nitrogens is 3. The second-order valence-corrected chi connectivity index (χ2v) is 12.8. The van der Waals surface area contributed by atoms with Gasteiger partial charge in [-0.05, 0) is 53.6 Å². The van der Waals surface area contributed by atoms with Crippen molar-refractivity contribution in [3.63, 3.8) is 0 Å². The van der Waals surface area contributed by atoms with Crippen molar-refractivity contribution in [2.24, 2.45) is 5.10 Å². The lowest BCUT2D eigenvalue weighted by atomic mass is 10.00. The maximum absolute atomic E-state index is 13.7. The summed E-state index contributed by atoms with van der Waals surface area (Å²) in [6, 6.07) is 23.0. The van der Waals surface area contributed by atoms with Crippen molar-refractivity contribution in [1.29, 1.82) is 0 Å². The summed E-state index contributed by atoms with van der Waals surface area (Å²) in [5, 5.41) is 23.0. The van der Waals surface area contributed by atoms with E-state index in [-0.39, 0.29) is 30.2 Å². The van der Waals surface area contributed by atoms with Crippen molar-refractivity contribution in [2.45, 2.75) is 31.1 Å². The minimum atomic E-state index is -0.190. The maximum Gasteiger partial charge on any atom is 0.261 e. The van der Waals surface area contributed by atoms with Crippen molar-refractivity contribution in [1.82, 2.24) is 25.1 Å². The number of thioether (sulfide) groups is 1. The fourth-order valence-electron chi connectivity index (χ4n) is 4.61. The van der Waals surface area contributed by atoms with Crippen LogP contribution in [0.5, 0.6) is 0 Å². The van der Waals surface area contributed by atoms with Gasteiger partial charge in [0.05, 0.1) is 39.5 Å². The molecule has 1 atom stereocenters. The molecule has 0 saturated heterocycles. The lowest BCUT2D eigenvalue weighted by Gasteiger charge is -2.22. The molecular weight excluding hydrogens is 608 g/mol. The fraction of sp³-hybridized carbons (Fsp3) is 0.167. The first kappa shape index (κ1) is 28.4. The van der Waals surface area contributed by atoms with Crippen LogP contribution in [0.25, 0.3) is 5.69 Å². The molecule has 0 spiro atoms. The van der Waals surface area contributed by atoms with Gasteiger partial charge in [-0.1, -0.05) is 71.4 Å². The van der Waals surface area contributed by atoms with Crippen LogP contribution in [0.15, 0.2) is 93.8 Å². The fourth-order valence-corrected chi connectivity index (χ4v) is 6.98. The standard InChI is InChI=1S/C30H25ClN6O2S3/c1-19-9-11-20(12-10-19)24-16-23(25-7-3-13-40-25)35-37(24)28(38)18-42-30-34-33-27(17-32-29(39)26-8-4-14-41-26)36(30)22-6-2-5-21(31)15-22/h2-15,24H,16-18H2,1H3,(H,32,39). The number of halogens is 1. The van der Waals surface area contributed by atoms with Crippen molar-refractivity contribution < 1.29 is 9.59 Å². The summed E-state index contributed by atoms with van der Waals surface area (Å²) in [6.45, 7) is 2.20. The molecule has 8 nitrogen and oxygen atoms in total. The van der Waals surface area contributed by atoms with Crippen LogP contribution in [0.1, 0.15) is 44.0 Å². The molecule has 0 radical (unpaired) electrons. The summed E-state index contributed by atoms with van der Waals surface area (Å²) in [5.41, 5.74) is 3.84. The van der Waals surface area contributed by atoms with Crippen molar-refractivity contribution in [2.75, 3.05) is 5.75 Å². The summed E-state index contributed by atoms with van der Waals surface area (Å²) in [7, 11) is 0. The summed E-state index contributed by atoms with van der Waals surface area (Å²) < 4.78 is 1.82. The van der Waals surface area contributed by atoms with Crippen LogP contribution in [0.2, 0.25) is 5.02 Å². The average Bonchev–Trinajstić information content (AvgIpc) is 3.81. The highest BCUT2D eigenvalue weighted by atomic mass is 35.5. The molecule has 212 valence electrons.